The summed E-state index contributed by atoms with van der Waals surface area (Å²) in [4.78, 5) is 17.6. The lowest BCUT2D eigenvalue weighted by atomic mass is 9.75. The van der Waals surface area contributed by atoms with Crippen LogP contribution in [0.3, 0.4) is 0 Å². The molecule has 3 heteroatoms. The molecule has 13 aromatic rings. The minimum Gasteiger partial charge on any atom is -0.248 e. The maximum absolute atomic E-state index is 5.86. The standard InChI is InChI=1S/C75H51N3/c1-10-28-52(29-11-1)61-46-64(55-34-16-4-17-35-55)76-67(49-61)73-70(58-40-22-7-23-41-58)74(68-50-62(53-30-12-2-13-31-53)47-65(77-68)56-36-18-5-19-37-56)72(60-44-26-9-27-45-60)75(71(73)59-42-24-8-25-43-59)69-51-63(54-32-14-3-15-33-54)48-66(78-69)57-38-20-6-21-39-57/h1-51H. The van der Waals surface area contributed by atoms with Crippen LogP contribution in [0.4, 0.5) is 0 Å². The second-order valence-electron chi connectivity index (χ2n) is 19.4. The largest absolute Gasteiger partial charge is 0.248 e. The van der Waals surface area contributed by atoms with Gasteiger partial charge >= 0.3 is 0 Å². The Morgan fingerprint density at radius 1 is 0.128 bits per heavy atom. The third kappa shape index (κ3) is 9.53. The third-order valence-electron chi connectivity index (χ3n) is 14.5. The molecule has 3 heterocycles. The molecule has 0 aliphatic rings. The Labute approximate surface area is 456 Å². The molecule has 366 valence electrons. The van der Waals surface area contributed by atoms with Crippen molar-refractivity contribution in [3.05, 3.63) is 309 Å². The number of hydrogen-bond donors (Lipinski definition) is 0. The summed E-state index contributed by atoms with van der Waals surface area (Å²) in [6.07, 6.45) is 0. The van der Waals surface area contributed by atoms with Gasteiger partial charge in [0, 0.05) is 50.1 Å². The van der Waals surface area contributed by atoms with Gasteiger partial charge in [0.25, 0.3) is 0 Å². The van der Waals surface area contributed by atoms with Crippen molar-refractivity contribution in [1.82, 2.24) is 15.0 Å². The fourth-order valence-electron chi connectivity index (χ4n) is 10.8. The van der Waals surface area contributed by atoms with Gasteiger partial charge in [0.2, 0.25) is 0 Å². The molecular weight excluding hydrogens is 943 g/mol. The number of pyridine rings is 3. The molecule has 0 radical (unpaired) electrons. The van der Waals surface area contributed by atoms with Crippen molar-refractivity contribution in [2.75, 3.05) is 0 Å². The maximum Gasteiger partial charge on any atom is 0.0728 e. The van der Waals surface area contributed by atoms with Gasteiger partial charge in [0.15, 0.2) is 0 Å². The maximum atomic E-state index is 5.86. The number of rotatable bonds is 12. The summed E-state index contributed by atoms with van der Waals surface area (Å²) >= 11 is 0. The van der Waals surface area contributed by atoms with Gasteiger partial charge in [0.1, 0.15) is 0 Å². The zero-order chi connectivity index (χ0) is 52.0. The predicted octanol–water partition coefficient (Wildman–Crippen LogP) is 19.9. The molecule has 0 saturated heterocycles. The summed E-state index contributed by atoms with van der Waals surface area (Å²) < 4.78 is 0. The summed E-state index contributed by atoms with van der Waals surface area (Å²) in [5.74, 6) is 0. The summed E-state index contributed by atoms with van der Waals surface area (Å²) in [6.45, 7) is 0. The predicted molar refractivity (Wildman–Crippen MR) is 325 cm³/mol. The van der Waals surface area contributed by atoms with Gasteiger partial charge in [0.05, 0.1) is 34.2 Å². The first-order chi connectivity index (χ1) is 38.7. The molecule has 13 rings (SSSR count). The highest BCUT2D eigenvalue weighted by Gasteiger charge is 2.32. The minimum atomic E-state index is 0.819. The Hall–Kier alpha value is -10.4. The molecule has 78 heavy (non-hydrogen) atoms. The van der Waals surface area contributed by atoms with E-state index in [2.05, 4.69) is 309 Å². The van der Waals surface area contributed by atoms with Crippen molar-refractivity contribution in [3.63, 3.8) is 0 Å². The van der Waals surface area contributed by atoms with Crippen molar-refractivity contribution >= 4 is 0 Å². The van der Waals surface area contributed by atoms with Gasteiger partial charge < -0.3 is 0 Å². The molecular formula is C75H51N3. The van der Waals surface area contributed by atoms with Crippen LogP contribution in [-0.4, -0.2) is 15.0 Å². The highest BCUT2D eigenvalue weighted by atomic mass is 14.8. The first-order valence-electron chi connectivity index (χ1n) is 26.5. The first-order valence-corrected chi connectivity index (χ1v) is 26.5. The molecule has 0 aliphatic heterocycles. The fourth-order valence-corrected chi connectivity index (χ4v) is 10.8. The summed E-state index contributed by atoms with van der Waals surface area (Å²) in [5.41, 5.74) is 23.6. The minimum absolute atomic E-state index is 0.819. The lowest BCUT2D eigenvalue weighted by Crippen LogP contribution is -2.05. The molecule has 0 amide bonds. The van der Waals surface area contributed by atoms with Gasteiger partial charge in [-0.05, 0) is 86.5 Å². The van der Waals surface area contributed by atoms with Crippen molar-refractivity contribution < 1.29 is 0 Å². The smallest absolute Gasteiger partial charge is 0.0728 e. The van der Waals surface area contributed by atoms with Crippen LogP contribution in [0.15, 0.2) is 309 Å². The highest BCUT2D eigenvalue weighted by Crippen LogP contribution is 2.56. The molecule has 0 spiro atoms. The van der Waals surface area contributed by atoms with E-state index >= 15 is 0 Å². The second-order valence-corrected chi connectivity index (χ2v) is 19.4. The van der Waals surface area contributed by atoms with E-state index in [1.54, 1.807) is 0 Å². The lowest BCUT2D eigenvalue weighted by molar-refractivity contribution is 1.29. The topological polar surface area (TPSA) is 38.7 Å². The van der Waals surface area contributed by atoms with Gasteiger partial charge in [-0.3, -0.25) is 0 Å². The van der Waals surface area contributed by atoms with Crippen molar-refractivity contribution in [2.45, 2.75) is 0 Å². The van der Waals surface area contributed by atoms with E-state index in [1.165, 1.54) is 0 Å². The highest BCUT2D eigenvalue weighted by molar-refractivity contribution is 6.15. The van der Waals surface area contributed by atoms with Gasteiger partial charge in [-0.2, -0.15) is 0 Å². The Kier molecular flexibility index (Phi) is 13.0. The monoisotopic (exact) mass is 993 g/mol. The Balaban J connectivity index is 1.30. The van der Waals surface area contributed by atoms with E-state index in [9.17, 15) is 0 Å². The number of aromatic nitrogens is 3. The van der Waals surface area contributed by atoms with Crippen LogP contribution in [0, 0.1) is 0 Å². The van der Waals surface area contributed by atoms with E-state index in [1.807, 2.05) is 0 Å². The SMILES string of the molecule is c1ccc(-c2cc(-c3ccccc3)nc(-c3c(-c4ccccc4)c(-c4cc(-c5ccccc5)cc(-c5ccccc5)n4)c(-c4ccccc4)c(-c4cc(-c5ccccc5)cc(-c5ccccc5)n4)c3-c3ccccc3)c2)cc1. The molecule has 0 bridgehead atoms. The van der Waals surface area contributed by atoms with Crippen molar-refractivity contribution in [2.24, 2.45) is 0 Å². The van der Waals surface area contributed by atoms with Crippen LogP contribution in [0.2, 0.25) is 0 Å². The van der Waals surface area contributed by atoms with Gasteiger partial charge in [-0.25, -0.2) is 15.0 Å². The van der Waals surface area contributed by atoms with Crippen LogP contribution in [-0.2, 0) is 0 Å². The van der Waals surface area contributed by atoms with Crippen LogP contribution in [0.1, 0.15) is 0 Å². The fraction of sp³-hybridized carbons (Fsp3) is 0. The molecule has 10 aromatic carbocycles. The molecule has 0 N–H and O–H groups in total. The summed E-state index contributed by atoms with van der Waals surface area (Å²) in [5, 5.41) is 0. The third-order valence-corrected chi connectivity index (χ3v) is 14.5. The summed E-state index contributed by atoms with van der Waals surface area (Å²) in [6, 6.07) is 110. The second kappa shape index (κ2) is 21.5. The average molecular weight is 994 g/mol. The van der Waals surface area contributed by atoms with Gasteiger partial charge in [-0.1, -0.05) is 273 Å². The van der Waals surface area contributed by atoms with Crippen LogP contribution < -0.4 is 0 Å². The molecule has 3 aromatic heterocycles. The zero-order valence-corrected chi connectivity index (χ0v) is 42.8. The zero-order valence-electron chi connectivity index (χ0n) is 42.8. The normalized spacial score (nSPS) is 11.1. The average Bonchev–Trinajstić information content (AvgIpc) is 3.66. The van der Waals surface area contributed by atoms with Crippen LogP contribution >= 0.6 is 0 Å². The first kappa shape index (κ1) is 47.4. The van der Waals surface area contributed by atoms with E-state index in [-0.39, 0.29) is 0 Å². The quantitative estimate of drug-likeness (QED) is 0.122. The Morgan fingerprint density at radius 2 is 0.295 bits per heavy atom. The van der Waals surface area contributed by atoms with Crippen LogP contribution in [0.5, 0.6) is 0 Å². The Morgan fingerprint density at radius 3 is 0.500 bits per heavy atom. The number of nitrogens with zero attached hydrogens (tertiary/aromatic N) is 3. The molecule has 0 saturated carbocycles. The number of benzene rings is 10. The van der Waals surface area contributed by atoms with Crippen LogP contribution in [0.25, 0.3) is 134 Å². The molecule has 0 unspecified atom stereocenters. The number of hydrogen-bond acceptors (Lipinski definition) is 3. The summed E-state index contributed by atoms with van der Waals surface area (Å²) in [7, 11) is 0. The van der Waals surface area contributed by atoms with Crippen molar-refractivity contribution in [3.8, 4) is 134 Å². The Bertz CT molecular complexity index is 3540. The van der Waals surface area contributed by atoms with E-state index in [0.29, 0.717) is 0 Å². The van der Waals surface area contributed by atoms with E-state index in [0.717, 1.165) is 134 Å². The van der Waals surface area contributed by atoms with Gasteiger partial charge in [-0.15, -0.1) is 0 Å². The molecule has 0 aliphatic carbocycles. The van der Waals surface area contributed by atoms with E-state index < -0.39 is 0 Å². The van der Waals surface area contributed by atoms with E-state index in [4.69, 9.17) is 15.0 Å². The van der Waals surface area contributed by atoms with Crippen molar-refractivity contribution in [1.29, 1.82) is 0 Å². The lowest BCUT2D eigenvalue weighted by Gasteiger charge is -2.28. The molecule has 0 fully saturated rings. The molecule has 0 atom stereocenters. The molecule has 3 nitrogen and oxygen atoms in total.